The molecule has 4 heteroatoms. The SMILES string of the molecule is CCC1(C(=O)c2ccccc2OCCOC)CCCN1. The van der Waals surface area contributed by atoms with Crippen LogP contribution >= 0.6 is 0 Å². The minimum absolute atomic E-state index is 0.144. The number of carbonyl (C=O) groups excluding carboxylic acids is 1. The van der Waals surface area contributed by atoms with E-state index in [1.165, 1.54) is 0 Å². The minimum Gasteiger partial charge on any atom is -0.490 e. The molecular formula is C16H23NO3. The molecule has 1 heterocycles. The van der Waals surface area contributed by atoms with Crippen LogP contribution in [-0.4, -0.2) is 38.2 Å². The Hall–Kier alpha value is -1.39. The molecule has 0 saturated carbocycles. The number of carbonyl (C=O) groups is 1. The van der Waals surface area contributed by atoms with Gasteiger partial charge in [-0.15, -0.1) is 0 Å². The van der Waals surface area contributed by atoms with Crippen molar-refractivity contribution in [3.05, 3.63) is 29.8 Å². The summed E-state index contributed by atoms with van der Waals surface area (Å²) in [6, 6.07) is 7.47. The number of nitrogens with one attached hydrogen (secondary N) is 1. The first-order chi connectivity index (χ1) is 9.73. The van der Waals surface area contributed by atoms with Crippen LogP contribution in [0.15, 0.2) is 24.3 Å². The van der Waals surface area contributed by atoms with Gasteiger partial charge in [0.2, 0.25) is 0 Å². The summed E-state index contributed by atoms with van der Waals surface area (Å²) < 4.78 is 10.7. The van der Waals surface area contributed by atoms with Crippen molar-refractivity contribution in [2.45, 2.75) is 31.7 Å². The Kier molecular flexibility index (Phi) is 5.15. The Morgan fingerprint density at radius 2 is 2.15 bits per heavy atom. The average Bonchev–Trinajstić information content (AvgIpc) is 2.97. The van der Waals surface area contributed by atoms with E-state index < -0.39 is 5.54 Å². The molecule has 110 valence electrons. The molecule has 1 fully saturated rings. The van der Waals surface area contributed by atoms with Crippen LogP contribution in [0.5, 0.6) is 5.75 Å². The molecule has 1 N–H and O–H groups in total. The second kappa shape index (κ2) is 6.86. The van der Waals surface area contributed by atoms with E-state index in [1.807, 2.05) is 24.3 Å². The highest BCUT2D eigenvalue weighted by Gasteiger charge is 2.40. The highest BCUT2D eigenvalue weighted by molar-refractivity contribution is 6.05. The maximum Gasteiger partial charge on any atom is 0.186 e. The summed E-state index contributed by atoms with van der Waals surface area (Å²) in [6.07, 6.45) is 2.75. The number of rotatable bonds is 7. The van der Waals surface area contributed by atoms with Crippen LogP contribution in [-0.2, 0) is 4.74 Å². The molecule has 0 bridgehead atoms. The molecule has 0 spiro atoms. The van der Waals surface area contributed by atoms with E-state index in [0.717, 1.165) is 25.8 Å². The van der Waals surface area contributed by atoms with Crippen molar-refractivity contribution in [1.29, 1.82) is 0 Å². The molecule has 1 unspecified atom stereocenters. The van der Waals surface area contributed by atoms with Crippen LogP contribution in [0, 0.1) is 0 Å². The van der Waals surface area contributed by atoms with E-state index in [1.54, 1.807) is 7.11 Å². The topological polar surface area (TPSA) is 47.6 Å². The van der Waals surface area contributed by atoms with Crippen molar-refractivity contribution >= 4 is 5.78 Å². The highest BCUT2D eigenvalue weighted by Crippen LogP contribution is 2.31. The summed E-state index contributed by atoms with van der Waals surface area (Å²) in [7, 11) is 1.63. The fourth-order valence-corrected chi connectivity index (χ4v) is 2.74. The number of Topliss-reactive ketones (excluding diaryl/α,β-unsaturated/α-hetero) is 1. The quantitative estimate of drug-likeness (QED) is 0.614. The van der Waals surface area contributed by atoms with E-state index in [2.05, 4.69) is 12.2 Å². The zero-order valence-electron chi connectivity index (χ0n) is 12.3. The van der Waals surface area contributed by atoms with E-state index in [0.29, 0.717) is 24.5 Å². The van der Waals surface area contributed by atoms with Gasteiger partial charge < -0.3 is 14.8 Å². The number of benzene rings is 1. The Balaban J connectivity index is 2.20. The van der Waals surface area contributed by atoms with Crippen LogP contribution < -0.4 is 10.1 Å². The molecule has 1 aromatic rings. The third kappa shape index (κ3) is 3.02. The molecule has 4 nitrogen and oxygen atoms in total. The van der Waals surface area contributed by atoms with Gasteiger partial charge >= 0.3 is 0 Å². The minimum atomic E-state index is -0.416. The van der Waals surface area contributed by atoms with Gasteiger partial charge in [-0.05, 0) is 37.9 Å². The van der Waals surface area contributed by atoms with Gasteiger partial charge in [-0.2, -0.15) is 0 Å². The molecule has 20 heavy (non-hydrogen) atoms. The molecule has 1 aromatic carbocycles. The fraction of sp³-hybridized carbons (Fsp3) is 0.562. The summed E-state index contributed by atoms with van der Waals surface area (Å²) in [5, 5.41) is 3.38. The van der Waals surface area contributed by atoms with Gasteiger partial charge in [-0.3, -0.25) is 4.79 Å². The van der Waals surface area contributed by atoms with Gasteiger partial charge in [0.05, 0.1) is 17.7 Å². The molecule has 0 radical (unpaired) electrons. The van der Waals surface area contributed by atoms with Gasteiger partial charge in [0.15, 0.2) is 5.78 Å². The summed E-state index contributed by atoms with van der Waals surface area (Å²) >= 11 is 0. The zero-order chi connectivity index (χ0) is 14.4. The molecule has 2 rings (SSSR count). The molecule has 1 aliphatic rings. The summed E-state index contributed by atoms with van der Waals surface area (Å²) in [6.45, 7) is 3.93. The molecule has 0 amide bonds. The number of hydrogen-bond acceptors (Lipinski definition) is 4. The van der Waals surface area contributed by atoms with Crippen molar-refractivity contribution in [3.63, 3.8) is 0 Å². The molecule has 0 aliphatic carbocycles. The highest BCUT2D eigenvalue weighted by atomic mass is 16.5. The number of para-hydroxylation sites is 1. The average molecular weight is 277 g/mol. The van der Waals surface area contributed by atoms with Crippen molar-refractivity contribution < 1.29 is 14.3 Å². The number of ether oxygens (including phenoxy) is 2. The van der Waals surface area contributed by atoms with Crippen LogP contribution in [0.3, 0.4) is 0 Å². The standard InChI is InChI=1S/C16H23NO3/c1-3-16(9-6-10-17-16)15(18)13-7-4-5-8-14(13)20-12-11-19-2/h4-5,7-8,17H,3,6,9-12H2,1-2H3. The van der Waals surface area contributed by atoms with Crippen molar-refractivity contribution in [2.75, 3.05) is 26.9 Å². The Bertz CT molecular complexity index is 453. The smallest absolute Gasteiger partial charge is 0.186 e. The van der Waals surface area contributed by atoms with Gasteiger partial charge in [0, 0.05) is 7.11 Å². The molecule has 1 atom stereocenters. The van der Waals surface area contributed by atoms with Gasteiger partial charge in [0.25, 0.3) is 0 Å². The van der Waals surface area contributed by atoms with Crippen LogP contribution in [0.1, 0.15) is 36.5 Å². The second-order valence-electron chi connectivity index (χ2n) is 5.13. The first kappa shape index (κ1) is 15.0. The first-order valence-electron chi connectivity index (χ1n) is 7.24. The number of methoxy groups -OCH3 is 1. The largest absolute Gasteiger partial charge is 0.490 e. The maximum atomic E-state index is 12.9. The molecular weight excluding hydrogens is 254 g/mol. The van der Waals surface area contributed by atoms with E-state index >= 15 is 0 Å². The van der Waals surface area contributed by atoms with Crippen LogP contribution in [0.25, 0.3) is 0 Å². The fourth-order valence-electron chi connectivity index (χ4n) is 2.74. The summed E-state index contributed by atoms with van der Waals surface area (Å²) in [5.41, 5.74) is 0.251. The Labute approximate surface area is 120 Å². The normalized spacial score (nSPS) is 21.9. The Morgan fingerprint density at radius 3 is 2.80 bits per heavy atom. The van der Waals surface area contributed by atoms with Gasteiger partial charge in [-0.25, -0.2) is 0 Å². The van der Waals surface area contributed by atoms with E-state index in [9.17, 15) is 4.79 Å². The molecule has 0 aromatic heterocycles. The Morgan fingerprint density at radius 1 is 1.35 bits per heavy atom. The lowest BCUT2D eigenvalue weighted by Gasteiger charge is -2.27. The van der Waals surface area contributed by atoms with Crippen molar-refractivity contribution in [2.24, 2.45) is 0 Å². The van der Waals surface area contributed by atoms with Crippen LogP contribution in [0.4, 0.5) is 0 Å². The zero-order valence-corrected chi connectivity index (χ0v) is 12.3. The molecule has 1 aliphatic heterocycles. The maximum absolute atomic E-state index is 12.9. The van der Waals surface area contributed by atoms with Gasteiger partial charge in [-0.1, -0.05) is 19.1 Å². The number of hydrogen-bond donors (Lipinski definition) is 1. The third-order valence-electron chi connectivity index (χ3n) is 3.96. The summed E-state index contributed by atoms with van der Waals surface area (Å²) in [4.78, 5) is 12.9. The third-order valence-corrected chi connectivity index (χ3v) is 3.96. The lowest BCUT2D eigenvalue weighted by atomic mass is 9.85. The van der Waals surface area contributed by atoms with E-state index in [-0.39, 0.29) is 5.78 Å². The van der Waals surface area contributed by atoms with E-state index in [4.69, 9.17) is 9.47 Å². The van der Waals surface area contributed by atoms with Crippen molar-refractivity contribution in [1.82, 2.24) is 5.32 Å². The second-order valence-corrected chi connectivity index (χ2v) is 5.13. The van der Waals surface area contributed by atoms with Crippen LogP contribution in [0.2, 0.25) is 0 Å². The monoisotopic (exact) mass is 277 g/mol. The first-order valence-corrected chi connectivity index (χ1v) is 7.24. The summed E-state index contributed by atoms with van der Waals surface area (Å²) in [5.74, 6) is 0.793. The lowest BCUT2D eigenvalue weighted by molar-refractivity contribution is 0.0856. The van der Waals surface area contributed by atoms with Gasteiger partial charge in [0.1, 0.15) is 12.4 Å². The predicted molar refractivity (Wildman–Crippen MR) is 78.4 cm³/mol. The number of ketones is 1. The lowest BCUT2D eigenvalue weighted by Crippen LogP contribution is -2.47. The van der Waals surface area contributed by atoms with Crippen molar-refractivity contribution in [3.8, 4) is 5.75 Å². The predicted octanol–water partition coefficient (Wildman–Crippen LogP) is 2.43. The molecule has 1 saturated heterocycles.